The van der Waals surface area contributed by atoms with Crippen molar-refractivity contribution in [2.45, 2.75) is 20.0 Å². The van der Waals surface area contributed by atoms with Gasteiger partial charge in [0.2, 0.25) is 0 Å². The fraction of sp³-hybridized carbons (Fsp3) is 0.600. The second kappa shape index (κ2) is 6.31. The van der Waals surface area contributed by atoms with Gasteiger partial charge in [-0.2, -0.15) is 5.10 Å². The van der Waals surface area contributed by atoms with Crippen molar-refractivity contribution in [2.24, 2.45) is 0 Å². The topological polar surface area (TPSA) is 52.0 Å². The largest absolute Gasteiger partial charge is 0.383 e. The number of rotatable bonds is 7. The van der Waals surface area contributed by atoms with Crippen LogP contribution in [0.5, 0.6) is 0 Å². The lowest BCUT2D eigenvalue weighted by molar-refractivity contribution is 0.199. The molecule has 0 radical (unpaired) electrons. The van der Waals surface area contributed by atoms with Crippen molar-refractivity contribution in [1.82, 2.24) is 20.1 Å². The SMILES string of the molecule is C=C(C)Cn1cnc(CNCCOC)n1. The molecule has 0 amide bonds. The maximum atomic E-state index is 4.92. The molecule has 0 saturated carbocycles. The molecule has 0 fully saturated rings. The van der Waals surface area contributed by atoms with Gasteiger partial charge >= 0.3 is 0 Å². The van der Waals surface area contributed by atoms with Gasteiger partial charge < -0.3 is 10.1 Å². The first-order valence-corrected chi connectivity index (χ1v) is 4.94. The van der Waals surface area contributed by atoms with Crippen LogP contribution < -0.4 is 5.32 Å². The molecular weight excluding hydrogens is 192 g/mol. The number of nitrogens with one attached hydrogen (secondary N) is 1. The van der Waals surface area contributed by atoms with Gasteiger partial charge in [0.15, 0.2) is 5.82 Å². The third-order valence-electron chi connectivity index (χ3n) is 1.78. The van der Waals surface area contributed by atoms with Gasteiger partial charge in [0.05, 0.1) is 19.7 Å². The average Bonchev–Trinajstić information content (AvgIpc) is 2.59. The highest BCUT2D eigenvalue weighted by Crippen LogP contribution is 1.94. The number of nitrogens with zero attached hydrogens (tertiary/aromatic N) is 3. The molecule has 1 heterocycles. The lowest BCUT2D eigenvalue weighted by Crippen LogP contribution is -2.19. The predicted octanol–water partition coefficient (Wildman–Crippen LogP) is 0.590. The van der Waals surface area contributed by atoms with E-state index in [4.69, 9.17) is 4.74 Å². The minimum atomic E-state index is 0.673. The summed E-state index contributed by atoms with van der Waals surface area (Å²) in [6.07, 6.45) is 1.72. The molecule has 0 aliphatic rings. The first kappa shape index (κ1) is 11.9. The Bertz CT molecular complexity index is 308. The Kier molecular flexibility index (Phi) is 5.00. The predicted molar refractivity (Wildman–Crippen MR) is 58.4 cm³/mol. The molecular formula is C10H18N4O. The highest BCUT2D eigenvalue weighted by molar-refractivity contribution is 4.90. The van der Waals surface area contributed by atoms with Crippen molar-refractivity contribution < 1.29 is 4.74 Å². The van der Waals surface area contributed by atoms with E-state index in [-0.39, 0.29) is 0 Å². The number of methoxy groups -OCH3 is 1. The molecule has 0 aliphatic heterocycles. The van der Waals surface area contributed by atoms with Crippen LogP contribution in [-0.2, 0) is 17.8 Å². The Morgan fingerprint density at radius 3 is 3.13 bits per heavy atom. The second-order valence-electron chi connectivity index (χ2n) is 3.49. The summed E-state index contributed by atoms with van der Waals surface area (Å²) in [4.78, 5) is 4.17. The standard InChI is InChI=1S/C10H18N4O/c1-9(2)7-14-8-12-10(13-14)6-11-4-5-15-3/h8,11H,1,4-7H2,2-3H3. The fourth-order valence-electron chi connectivity index (χ4n) is 1.14. The van der Waals surface area contributed by atoms with Crippen LogP contribution in [0, 0.1) is 0 Å². The minimum Gasteiger partial charge on any atom is -0.383 e. The first-order valence-electron chi connectivity index (χ1n) is 4.94. The van der Waals surface area contributed by atoms with Crippen LogP contribution in [0.25, 0.3) is 0 Å². The third kappa shape index (κ3) is 4.71. The summed E-state index contributed by atoms with van der Waals surface area (Å²) in [5.41, 5.74) is 1.07. The fourth-order valence-corrected chi connectivity index (χ4v) is 1.14. The summed E-state index contributed by atoms with van der Waals surface area (Å²) >= 11 is 0. The van der Waals surface area contributed by atoms with E-state index in [1.165, 1.54) is 0 Å². The third-order valence-corrected chi connectivity index (χ3v) is 1.78. The molecule has 1 aromatic heterocycles. The smallest absolute Gasteiger partial charge is 0.164 e. The van der Waals surface area contributed by atoms with Gasteiger partial charge in [0.1, 0.15) is 6.33 Å². The lowest BCUT2D eigenvalue weighted by atomic mass is 10.4. The van der Waals surface area contributed by atoms with Crippen molar-refractivity contribution in [1.29, 1.82) is 0 Å². The van der Waals surface area contributed by atoms with Crippen LogP contribution in [0.1, 0.15) is 12.7 Å². The normalized spacial score (nSPS) is 10.5. The summed E-state index contributed by atoms with van der Waals surface area (Å²) in [7, 11) is 1.68. The molecule has 1 N–H and O–H groups in total. The van der Waals surface area contributed by atoms with Gasteiger partial charge in [-0.3, -0.25) is 0 Å². The Balaban J connectivity index is 2.29. The summed E-state index contributed by atoms with van der Waals surface area (Å²) in [6.45, 7) is 8.71. The van der Waals surface area contributed by atoms with Crippen LogP contribution in [0.2, 0.25) is 0 Å². The number of hydrogen-bond donors (Lipinski definition) is 1. The maximum absolute atomic E-state index is 4.92. The lowest BCUT2D eigenvalue weighted by Gasteiger charge is -2.00. The maximum Gasteiger partial charge on any atom is 0.164 e. The molecule has 0 aliphatic carbocycles. The number of ether oxygens (including phenoxy) is 1. The van der Waals surface area contributed by atoms with Crippen molar-refractivity contribution in [3.05, 3.63) is 24.3 Å². The quantitative estimate of drug-likeness (QED) is 0.528. The molecule has 1 aromatic rings. The van der Waals surface area contributed by atoms with Crippen molar-refractivity contribution in [2.75, 3.05) is 20.3 Å². The van der Waals surface area contributed by atoms with E-state index in [1.807, 2.05) is 6.92 Å². The zero-order valence-electron chi connectivity index (χ0n) is 9.36. The molecule has 0 atom stereocenters. The molecule has 15 heavy (non-hydrogen) atoms. The monoisotopic (exact) mass is 210 g/mol. The van der Waals surface area contributed by atoms with Crippen LogP contribution in [-0.4, -0.2) is 35.0 Å². The van der Waals surface area contributed by atoms with E-state index in [2.05, 4.69) is 22.0 Å². The molecule has 0 saturated heterocycles. The van der Waals surface area contributed by atoms with Crippen LogP contribution in [0.15, 0.2) is 18.5 Å². The molecule has 0 spiro atoms. The molecule has 5 nitrogen and oxygen atoms in total. The highest BCUT2D eigenvalue weighted by atomic mass is 16.5. The van der Waals surface area contributed by atoms with E-state index >= 15 is 0 Å². The summed E-state index contributed by atoms with van der Waals surface area (Å²) in [5.74, 6) is 0.798. The molecule has 0 bridgehead atoms. The average molecular weight is 210 g/mol. The van der Waals surface area contributed by atoms with Gasteiger partial charge in [-0.25, -0.2) is 9.67 Å². The molecule has 5 heteroatoms. The van der Waals surface area contributed by atoms with Crippen molar-refractivity contribution in [3.8, 4) is 0 Å². The molecule has 84 valence electrons. The second-order valence-corrected chi connectivity index (χ2v) is 3.49. The molecule has 0 aromatic carbocycles. The zero-order valence-corrected chi connectivity index (χ0v) is 9.36. The number of hydrogen-bond acceptors (Lipinski definition) is 4. The van der Waals surface area contributed by atoms with Crippen LogP contribution >= 0.6 is 0 Å². The van der Waals surface area contributed by atoms with Gasteiger partial charge in [0.25, 0.3) is 0 Å². The van der Waals surface area contributed by atoms with Crippen molar-refractivity contribution in [3.63, 3.8) is 0 Å². The van der Waals surface area contributed by atoms with Gasteiger partial charge in [-0.1, -0.05) is 12.2 Å². The number of allylic oxidation sites excluding steroid dienone is 1. The van der Waals surface area contributed by atoms with Crippen LogP contribution in [0.3, 0.4) is 0 Å². The van der Waals surface area contributed by atoms with Crippen molar-refractivity contribution >= 4 is 0 Å². The summed E-state index contributed by atoms with van der Waals surface area (Å²) in [5, 5.41) is 7.47. The highest BCUT2D eigenvalue weighted by Gasteiger charge is 1.99. The van der Waals surface area contributed by atoms with E-state index in [0.29, 0.717) is 13.2 Å². The Morgan fingerprint density at radius 1 is 1.67 bits per heavy atom. The zero-order chi connectivity index (χ0) is 11.1. The van der Waals surface area contributed by atoms with E-state index < -0.39 is 0 Å². The van der Waals surface area contributed by atoms with Gasteiger partial charge in [-0.05, 0) is 6.92 Å². The Morgan fingerprint density at radius 2 is 2.47 bits per heavy atom. The molecule has 0 unspecified atom stereocenters. The Hall–Kier alpha value is -1.20. The van der Waals surface area contributed by atoms with Gasteiger partial charge in [-0.15, -0.1) is 0 Å². The molecule has 1 rings (SSSR count). The number of aromatic nitrogens is 3. The van der Waals surface area contributed by atoms with Gasteiger partial charge in [0, 0.05) is 13.7 Å². The Labute approximate surface area is 90.2 Å². The summed E-state index contributed by atoms with van der Waals surface area (Å²) < 4.78 is 6.70. The minimum absolute atomic E-state index is 0.673. The van der Waals surface area contributed by atoms with E-state index in [0.717, 1.165) is 24.5 Å². The van der Waals surface area contributed by atoms with Crippen LogP contribution in [0.4, 0.5) is 0 Å². The van der Waals surface area contributed by atoms with E-state index in [1.54, 1.807) is 18.1 Å². The first-order chi connectivity index (χ1) is 7.22. The summed E-state index contributed by atoms with van der Waals surface area (Å²) in [6, 6.07) is 0. The van der Waals surface area contributed by atoms with E-state index in [9.17, 15) is 0 Å².